The third kappa shape index (κ3) is 7.46. The van der Waals surface area contributed by atoms with Crippen LogP contribution in [-0.4, -0.2) is 35.9 Å². The summed E-state index contributed by atoms with van der Waals surface area (Å²) >= 11 is 0. The lowest BCUT2D eigenvalue weighted by Gasteiger charge is -2.17. The summed E-state index contributed by atoms with van der Waals surface area (Å²) in [7, 11) is 1.81. The average Bonchev–Trinajstić information content (AvgIpc) is 2.89. The zero-order valence-corrected chi connectivity index (χ0v) is 18.0. The van der Waals surface area contributed by atoms with E-state index in [-0.39, 0.29) is 24.0 Å². The van der Waals surface area contributed by atoms with Gasteiger partial charge in [-0.15, -0.1) is 24.0 Å². The van der Waals surface area contributed by atoms with E-state index in [1.807, 2.05) is 20.0 Å². The van der Waals surface area contributed by atoms with E-state index in [2.05, 4.69) is 69.6 Å². The van der Waals surface area contributed by atoms with Gasteiger partial charge in [-0.2, -0.15) is 5.10 Å². The quantitative estimate of drug-likeness (QED) is 0.383. The van der Waals surface area contributed by atoms with Crippen LogP contribution in [0.2, 0.25) is 0 Å². The van der Waals surface area contributed by atoms with Crippen molar-refractivity contribution in [2.75, 3.05) is 20.1 Å². The second-order valence-corrected chi connectivity index (χ2v) is 6.33. The van der Waals surface area contributed by atoms with E-state index in [0.29, 0.717) is 5.92 Å². The molecule has 5 nitrogen and oxygen atoms in total. The molecule has 2 aromatic rings. The van der Waals surface area contributed by atoms with Crippen LogP contribution in [0.15, 0.2) is 41.4 Å². The predicted octanol–water partition coefficient (Wildman–Crippen LogP) is 3.16. The minimum Gasteiger partial charge on any atom is -0.356 e. The Kier molecular flexibility index (Phi) is 9.55. The fourth-order valence-electron chi connectivity index (χ4n) is 2.68. The number of hydrogen-bond acceptors (Lipinski definition) is 2. The number of aliphatic imine (C=N–C) groups is 1. The zero-order chi connectivity index (χ0) is 17.4. The highest BCUT2D eigenvalue weighted by Crippen LogP contribution is 2.05. The van der Waals surface area contributed by atoms with Gasteiger partial charge in [0.1, 0.15) is 0 Å². The van der Waals surface area contributed by atoms with Gasteiger partial charge in [0.05, 0.1) is 5.69 Å². The Labute approximate surface area is 168 Å². The van der Waals surface area contributed by atoms with Crippen LogP contribution in [0.1, 0.15) is 23.9 Å². The minimum absolute atomic E-state index is 0. The smallest absolute Gasteiger partial charge is 0.190 e. The number of guanidine groups is 1. The lowest BCUT2D eigenvalue weighted by Crippen LogP contribution is -2.40. The Bertz CT molecular complexity index is 651. The number of aromatic nitrogens is 2. The van der Waals surface area contributed by atoms with Crippen molar-refractivity contribution in [1.82, 2.24) is 20.4 Å². The Morgan fingerprint density at radius 1 is 1.20 bits per heavy atom. The first-order valence-corrected chi connectivity index (χ1v) is 8.58. The monoisotopic (exact) mass is 455 g/mol. The first-order valence-electron chi connectivity index (χ1n) is 8.58. The Balaban J connectivity index is 0.00000312. The number of nitrogens with zero attached hydrogens (tertiary/aromatic N) is 3. The van der Waals surface area contributed by atoms with Crippen molar-refractivity contribution in [3.8, 4) is 0 Å². The molecule has 25 heavy (non-hydrogen) atoms. The maximum atomic E-state index is 4.52. The van der Waals surface area contributed by atoms with Crippen molar-refractivity contribution < 1.29 is 0 Å². The van der Waals surface area contributed by atoms with Gasteiger partial charge in [0, 0.05) is 32.4 Å². The third-order valence-corrected chi connectivity index (χ3v) is 3.98. The first-order chi connectivity index (χ1) is 11.6. The molecule has 0 saturated carbocycles. The van der Waals surface area contributed by atoms with E-state index in [1.165, 1.54) is 11.3 Å². The first kappa shape index (κ1) is 21.5. The van der Waals surface area contributed by atoms with Crippen molar-refractivity contribution in [2.45, 2.75) is 33.7 Å². The molecule has 0 bridgehead atoms. The number of benzene rings is 1. The second-order valence-electron chi connectivity index (χ2n) is 6.33. The fourth-order valence-corrected chi connectivity index (χ4v) is 2.68. The summed E-state index contributed by atoms with van der Waals surface area (Å²) < 4.78 is 2.08. The molecule has 0 aliphatic rings. The molecule has 1 aromatic heterocycles. The average molecular weight is 455 g/mol. The van der Waals surface area contributed by atoms with Gasteiger partial charge in [0.25, 0.3) is 0 Å². The van der Waals surface area contributed by atoms with Gasteiger partial charge >= 0.3 is 0 Å². The SMILES string of the molecule is CN=C(NCCc1ccccc1)NCC(C)Cn1nc(C)cc1C.I. The largest absolute Gasteiger partial charge is 0.356 e. The number of rotatable bonds is 7. The molecule has 1 heterocycles. The molecule has 0 radical (unpaired) electrons. The molecular formula is C19H30IN5. The number of hydrogen-bond donors (Lipinski definition) is 2. The molecule has 1 atom stereocenters. The number of nitrogens with one attached hydrogen (secondary N) is 2. The highest BCUT2D eigenvalue weighted by molar-refractivity contribution is 14.0. The van der Waals surface area contributed by atoms with Crippen molar-refractivity contribution in [3.63, 3.8) is 0 Å². The molecule has 138 valence electrons. The van der Waals surface area contributed by atoms with E-state index in [4.69, 9.17) is 0 Å². The number of aryl methyl sites for hydroxylation is 2. The van der Waals surface area contributed by atoms with Gasteiger partial charge in [-0.25, -0.2) is 0 Å². The molecule has 1 aromatic carbocycles. The summed E-state index contributed by atoms with van der Waals surface area (Å²) in [5, 5.41) is 11.3. The van der Waals surface area contributed by atoms with Gasteiger partial charge < -0.3 is 10.6 Å². The Hall–Kier alpha value is -1.57. The van der Waals surface area contributed by atoms with Crippen LogP contribution >= 0.6 is 24.0 Å². The highest BCUT2D eigenvalue weighted by Gasteiger charge is 2.08. The molecule has 2 rings (SSSR count). The molecule has 0 aliphatic heterocycles. The van der Waals surface area contributed by atoms with Crippen molar-refractivity contribution >= 4 is 29.9 Å². The molecule has 0 spiro atoms. The molecule has 0 aliphatic carbocycles. The summed E-state index contributed by atoms with van der Waals surface area (Å²) in [5.41, 5.74) is 3.62. The topological polar surface area (TPSA) is 54.2 Å². The minimum atomic E-state index is 0. The van der Waals surface area contributed by atoms with E-state index >= 15 is 0 Å². The van der Waals surface area contributed by atoms with Gasteiger partial charge in [-0.05, 0) is 37.8 Å². The second kappa shape index (κ2) is 11.1. The van der Waals surface area contributed by atoms with Crippen LogP contribution in [0.25, 0.3) is 0 Å². The standard InChI is InChI=1S/C19H29N5.HI/c1-15(14-24-17(3)12-16(2)23-24)13-22-19(20-4)21-11-10-18-8-6-5-7-9-18;/h5-9,12,15H,10-11,13-14H2,1-4H3,(H2,20,21,22);1H. The van der Waals surface area contributed by atoms with Crippen LogP contribution in [0, 0.1) is 19.8 Å². The van der Waals surface area contributed by atoms with E-state index in [1.54, 1.807) is 0 Å². The van der Waals surface area contributed by atoms with Crippen LogP contribution < -0.4 is 10.6 Å². The molecule has 6 heteroatoms. The van der Waals surface area contributed by atoms with Crippen molar-refractivity contribution in [1.29, 1.82) is 0 Å². The maximum absolute atomic E-state index is 4.52. The van der Waals surface area contributed by atoms with Crippen LogP contribution in [0.4, 0.5) is 0 Å². The summed E-state index contributed by atoms with van der Waals surface area (Å²) in [6, 6.07) is 12.6. The van der Waals surface area contributed by atoms with Crippen LogP contribution in [0.5, 0.6) is 0 Å². The molecule has 2 N–H and O–H groups in total. The van der Waals surface area contributed by atoms with Gasteiger partial charge in [-0.1, -0.05) is 37.3 Å². The van der Waals surface area contributed by atoms with Gasteiger partial charge in [-0.3, -0.25) is 9.67 Å². The van der Waals surface area contributed by atoms with Crippen LogP contribution in [0.3, 0.4) is 0 Å². The summed E-state index contributed by atoms with van der Waals surface area (Å²) in [4.78, 5) is 4.29. The normalized spacial score (nSPS) is 12.4. The summed E-state index contributed by atoms with van der Waals surface area (Å²) in [6.07, 6.45) is 0.989. The van der Waals surface area contributed by atoms with E-state index in [0.717, 1.165) is 37.7 Å². The lowest BCUT2D eigenvalue weighted by atomic mass is 10.1. The van der Waals surface area contributed by atoms with Crippen molar-refractivity contribution in [3.05, 3.63) is 53.3 Å². The van der Waals surface area contributed by atoms with Gasteiger partial charge in [0.15, 0.2) is 5.96 Å². The van der Waals surface area contributed by atoms with Crippen LogP contribution in [-0.2, 0) is 13.0 Å². The summed E-state index contributed by atoms with van der Waals surface area (Å²) in [6.45, 7) is 9.00. The van der Waals surface area contributed by atoms with E-state index < -0.39 is 0 Å². The Morgan fingerprint density at radius 2 is 1.92 bits per heavy atom. The number of halogens is 1. The van der Waals surface area contributed by atoms with Gasteiger partial charge in [0.2, 0.25) is 0 Å². The third-order valence-electron chi connectivity index (χ3n) is 3.98. The fraction of sp³-hybridized carbons (Fsp3) is 0.474. The summed E-state index contributed by atoms with van der Waals surface area (Å²) in [5.74, 6) is 1.32. The Morgan fingerprint density at radius 3 is 2.52 bits per heavy atom. The lowest BCUT2D eigenvalue weighted by molar-refractivity contribution is 0.436. The zero-order valence-electron chi connectivity index (χ0n) is 15.6. The predicted molar refractivity (Wildman–Crippen MR) is 116 cm³/mol. The molecule has 1 unspecified atom stereocenters. The molecule has 0 fully saturated rings. The molecule has 0 saturated heterocycles. The molecule has 0 amide bonds. The highest BCUT2D eigenvalue weighted by atomic mass is 127. The van der Waals surface area contributed by atoms with Crippen molar-refractivity contribution in [2.24, 2.45) is 10.9 Å². The maximum Gasteiger partial charge on any atom is 0.190 e. The van der Waals surface area contributed by atoms with E-state index in [9.17, 15) is 0 Å². The molecular weight excluding hydrogens is 425 g/mol.